The largest absolute Gasteiger partial charge is 0.479 e. The van der Waals surface area contributed by atoms with Crippen LogP contribution < -0.4 is 10.1 Å². The number of nitrogens with one attached hydrogen (secondary N) is 1. The molecule has 1 N–H and O–H groups in total. The van der Waals surface area contributed by atoms with Gasteiger partial charge in [0.15, 0.2) is 0 Å². The van der Waals surface area contributed by atoms with Crippen LogP contribution in [0.25, 0.3) is 22.4 Å². The van der Waals surface area contributed by atoms with E-state index in [2.05, 4.69) is 25.4 Å². The average molecular weight is 440 g/mol. The molecule has 4 aromatic heterocycles. The molecule has 1 aliphatic carbocycles. The molecular weight excluding hydrogens is 418 g/mol. The van der Waals surface area contributed by atoms with Gasteiger partial charge in [0.2, 0.25) is 17.6 Å². The molecule has 1 saturated carbocycles. The first kappa shape index (κ1) is 19.4. The Bertz CT molecular complexity index is 1300. The Labute approximate surface area is 182 Å². The highest BCUT2D eigenvalue weighted by Crippen LogP contribution is 2.37. The third kappa shape index (κ3) is 3.24. The number of nitrogens with zero attached hydrogens (tertiary/aromatic N) is 7. The number of likely N-dealkylation sites (tertiary alicyclic amines) is 1. The molecule has 1 aliphatic heterocycles. The molecule has 0 spiro atoms. The number of fused-ring (bicyclic) bond motifs is 2. The summed E-state index contributed by atoms with van der Waals surface area (Å²) in [6.07, 6.45) is 11.2. The van der Waals surface area contributed by atoms with Crippen LogP contribution in [0.4, 0.5) is 14.7 Å². The minimum atomic E-state index is -2.86. The average Bonchev–Trinajstić information content (AvgIpc) is 3.37. The smallest absolute Gasteiger partial charge is 0.280 e. The first-order valence-electron chi connectivity index (χ1n) is 10.6. The van der Waals surface area contributed by atoms with Gasteiger partial charge in [-0.1, -0.05) is 0 Å². The monoisotopic (exact) mass is 440 g/mol. The molecule has 4 aromatic rings. The van der Waals surface area contributed by atoms with Crippen molar-refractivity contribution in [3.63, 3.8) is 0 Å². The van der Waals surface area contributed by atoms with Crippen LogP contribution >= 0.6 is 0 Å². The van der Waals surface area contributed by atoms with Crippen LogP contribution in [-0.2, 0) is 0 Å². The fourth-order valence-corrected chi connectivity index (χ4v) is 4.44. The predicted octanol–water partition coefficient (Wildman–Crippen LogP) is 2.73. The lowest BCUT2D eigenvalue weighted by Gasteiger charge is -2.38. The van der Waals surface area contributed by atoms with E-state index in [0.29, 0.717) is 36.2 Å². The summed E-state index contributed by atoms with van der Waals surface area (Å²) in [7, 11) is 1.50. The summed E-state index contributed by atoms with van der Waals surface area (Å²) >= 11 is 0. The summed E-state index contributed by atoms with van der Waals surface area (Å²) in [6, 6.07) is 1.17. The van der Waals surface area contributed by atoms with Gasteiger partial charge in [0.05, 0.1) is 19.7 Å². The summed E-state index contributed by atoms with van der Waals surface area (Å²) < 4.78 is 38.5. The Balaban J connectivity index is 1.32. The molecule has 6 rings (SSSR count). The lowest BCUT2D eigenvalue weighted by Crippen LogP contribution is -2.55. The van der Waals surface area contributed by atoms with Gasteiger partial charge in [-0.25, -0.2) is 23.3 Å². The molecule has 2 aliphatic rings. The maximum Gasteiger partial charge on any atom is 0.280 e. The van der Waals surface area contributed by atoms with Crippen LogP contribution in [0, 0.1) is 0 Å². The topological polar surface area (TPSA) is 84.9 Å². The van der Waals surface area contributed by atoms with Gasteiger partial charge < -0.3 is 10.1 Å². The SMILES string of the molecule is COc1nc(N[C@@H]2CCN(C3CC3)CC2(F)F)nn2ccc(-c3cnc4nccn4c3)c12. The highest BCUT2D eigenvalue weighted by Gasteiger charge is 2.48. The van der Waals surface area contributed by atoms with E-state index in [1.165, 1.54) is 7.11 Å². The van der Waals surface area contributed by atoms with Crippen molar-refractivity contribution in [2.45, 2.75) is 37.3 Å². The molecule has 0 radical (unpaired) electrons. The number of piperidine rings is 1. The Hall–Kier alpha value is -3.34. The standard InChI is InChI=1S/C21H22F2N8O/c1-32-18-17-15(13-10-25-20-24-6-9-29(20)11-13)4-8-31(17)28-19(27-18)26-16-5-7-30(14-2-3-14)12-21(16,22)23/h4,6,8-11,14,16H,2-3,5,7,12H2,1H3,(H,26,28)/t16-/m1/s1. The van der Waals surface area contributed by atoms with Gasteiger partial charge >= 0.3 is 0 Å². The molecule has 0 amide bonds. The van der Waals surface area contributed by atoms with E-state index in [4.69, 9.17) is 4.74 Å². The van der Waals surface area contributed by atoms with Crippen molar-refractivity contribution in [2.75, 3.05) is 25.5 Å². The maximum atomic E-state index is 14.8. The molecular formula is C21H22F2N8O. The second kappa shape index (κ2) is 7.09. The van der Waals surface area contributed by atoms with Crippen LogP contribution in [-0.4, -0.2) is 72.1 Å². The highest BCUT2D eigenvalue weighted by molar-refractivity contribution is 5.84. The van der Waals surface area contributed by atoms with E-state index in [1.807, 2.05) is 27.8 Å². The predicted molar refractivity (Wildman–Crippen MR) is 113 cm³/mol. The Morgan fingerprint density at radius 3 is 2.84 bits per heavy atom. The van der Waals surface area contributed by atoms with Gasteiger partial charge in [0.1, 0.15) is 5.52 Å². The lowest BCUT2D eigenvalue weighted by atomic mass is 10.0. The molecule has 0 aromatic carbocycles. The first-order valence-corrected chi connectivity index (χ1v) is 10.6. The Kier molecular flexibility index (Phi) is 4.29. The molecule has 11 heteroatoms. The van der Waals surface area contributed by atoms with E-state index >= 15 is 0 Å². The molecule has 166 valence electrons. The molecule has 9 nitrogen and oxygen atoms in total. The second-order valence-electron chi connectivity index (χ2n) is 8.39. The summed E-state index contributed by atoms with van der Waals surface area (Å²) in [6.45, 7) is 0.417. The highest BCUT2D eigenvalue weighted by atomic mass is 19.3. The van der Waals surface area contributed by atoms with Crippen LogP contribution in [0.3, 0.4) is 0 Å². The van der Waals surface area contributed by atoms with Crippen molar-refractivity contribution in [3.05, 3.63) is 37.1 Å². The van der Waals surface area contributed by atoms with Gasteiger partial charge in [-0.3, -0.25) is 9.30 Å². The Morgan fingerprint density at radius 2 is 2.06 bits per heavy atom. The molecule has 1 atom stereocenters. The van der Waals surface area contributed by atoms with Crippen LogP contribution in [0.15, 0.2) is 37.1 Å². The molecule has 1 saturated heterocycles. The summed E-state index contributed by atoms with van der Waals surface area (Å²) in [5.74, 6) is -1.85. The number of rotatable bonds is 5. The number of ether oxygens (including phenoxy) is 1. The fourth-order valence-electron chi connectivity index (χ4n) is 4.44. The zero-order valence-electron chi connectivity index (χ0n) is 17.4. The zero-order chi connectivity index (χ0) is 21.9. The fraction of sp³-hybridized carbons (Fsp3) is 0.429. The van der Waals surface area contributed by atoms with E-state index in [9.17, 15) is 8.78 Å². The van der Waals surface area contributed by atoms with Crippen LogP contribution in [0.1, 0.15) is 19.3 Å². The number of methoxy groups -OCH3 is 1. The van der Waals surface area contributed by atoms with Crippen molar-refractivity contribution < 1.29 is 13.5 Å². The second-order valence-corrected chi connectivity index (χ2v) is 8.39. The quantitative estimate of drug-likeness (QED) is 0.511. The number of aromatic nitrogens is 6. The van der Waals surface area contributed by atoms with Crippen LogP contribution in [0.2, 0.25) is 0 Å². The summed E-state index contributed by atoms with van der Waals surface area (Å²) in [4.78, 5) is 14.8. The summed E-state index contributed by atoms with van der Waals surface area (Å²) in [5.41, 5.74) is 2.29. The normalized spacial score (nSPS) is 21.3. The van der Waals surface area contributed by atoms with Gasteiger partial charge in [-0.15, -0.1) is 5.10 Å². The minimum Gasteiger partial charge on any atom is -0.479 e. The van der Waals surface area contributed by atoms with E-state index in [-0.39, 0.29) is 12.5 Å². The molecule has 0 bridgehead atoms. The summed E-state index contributed by atoms with van der Waals surface area (Å²) in [5, 5.41) is 7.30. The lowest BCUT2D eigenvalue weighted by molar-refractivity contribution is -0.0761. The number of imidazole rings is 1. The third-order valence-electron chi connectivity index (χ3n) is 6.22. The van der Waals surface area contributed by atoms with Crippen LogP contribution in [0.5, 0.6) is 5.88 Å². The van der Waals surface area contributed by atoms with Crippen molar-refractivity contribution >= 4 is 17.2 Å². The molecule has 0 unspecified atom stereocenters. The first-order chi connectivity index (χ1) is 15.5. The molecule has 32 heavy (non-hydrogen) atoms. The Morgan fingerprint density at radius 1 is 1.19 bits per heavy atom. The number of hydrogen-bond donors (Lipinski definition) is 1. The number of anilines is 1. The minimum absolute atomic E-state index is 0.115. The van der Waals surface area contributed by atoms with E-state index in [1.54, 1.807) is 23.1 Å². The van der Waals surface area contributed by atoms with Crippen molar-refractivity contribution in [3.8, 4) is 17.0 Å². The van der Waals surface area contributed by atoms with Gasteiger partial charge in [-0.2, -0.15) is 4.98 Å². The van der Waals surface area contributed by atoms with E-state index < -0.39 is 12.0 Å². The van der Waals surface area contributed by atoms with Crippen molar-refractivity contribution in [1.82, 2.24) is 33.9 Å². The zero-order valence-corrected chi connectivity index (χ0v) is 17.4. The van der Waals surface area contributed by atoms with Gasteiger partial charge in [-0.05, 0) is 25.3 Å². The molecule has 5 heterocycles. The molecule has 2 fully saturated rings. The van der Waals surface area contributed by atoms with Gasteiger partial charge in [0, 0.05) is 54.7 Å². The maximum absolute atomic E-state index is 14.8. The van der Waals surface area contributed by atoms with Crippen molar-refractivity contribution in [1.29, 1.82) is 0 Å². The number of hydrogen-bond acceptors (Lipinski definition) is 7. The van der Waals surface area contributed by atoms with E-state index in [0.717, 1.165) is 24.0 Å². The van der Waals surface area contributed by atoms with Crippen molar-refractivity contribution in [2.24, 2.45) is 0 Å². The van der Waals surface area contributed by atoms with Gasteiger partial charge in [0.25, 0.3) is 5.92 Å². The third-order valence-corrected chi connectivity index (χ3v) is 6.22. The number of halogens is 2. The number of alkyl halides is 2.